The van der Waals surface area contributed by atoms with Crippen molar-refractivity contribution >= 4 is 23.5 Å². The summed E-state index contributed by atoms with van der Waals surface area (Å²) in [6, 6.07) is 7.81. The molecule has 1 aliphatic rings. The summed E-state index contributed by atoms with van der Waals surface area (Å²) in [5, 5.41) is 0. The molecule has 4 nitrogen and oxygen atoms in total. The van der Waals surface area contributed by atoms with Gasteiger partial charge in [0.1, 0.15) is 0 Å². The lowest BCUT2D eigenvalue weighted by molar-refractivity contribution is -0.118. The molecule has 21 heavy (non-hydrogen) atoms. The van der Waals surface area contributed by atoms with Crippen molar-refractivity contribution in [3.63, 3.8) is 0 Å². The second-order valence-corrected chi connectivity index (χ2v) is 6.33. The molecule has 0 radical (unpaired) electrons. The predicted molar refractivity (Wildman–Crippen MR) is 85.5 cm³/mol. The molecule has 1 saturated heterocycles. The molecule has 1 amide bonds. The molecule has 1 aromatic carbocycles. The molecule has 0 aliphatic carbocycles. The van der Waals surface area contributed by atoms with Gasteiger partial charge in [0, 0.05) is 35.9 Å². The van der Waals surface area contributed by atoms with E-state index >= 15 is 0 Å². The van der Waals surface area contributed by atoms with E-state index in [0.717, 1.165) is 31.5 Å². The first-order valence-electron chi connectivity index (χ1n) is 7.29. The summed E-state index contributed by atoms with van der Waals surface area (Å²) in [5.41, 5.74) is 5.97. The lowest BCUT2D eigenvalue weighted by atomic mass is 9.90. The average molecular weight is 306 g/mol. The van der Waals surface area contributed by atoms with Crippen LogP contribution in [-0.4, -0.2) is 42.5 Å². The van der Waals surface area contributed by atoms with Crippen molar-refractivity contribution in [2.45, 2.75) is 24.2 Å². The first kappa shape index (κ1) is 16.0. The van der Waals surface area contributed by atoms with E-state index in [-0.39, 0.29) is 17.6 Å². The summed E-state index contributed by atoms with van der Waals surface area (Å²) in [6.07, 6.45) is 4.31. The number of primary amides is 1. The number of Topliss-reactive ketones (excluding diaryl/α,β-unsaturated/α-hetero) is 1. The fourth-order valence-corrected chi connectivity index (χ4v) is 3.14. The molecule has 0 aromatic heterocycles. The van der Waals surface area contributed by atoms with E-state index in [0.29, 0.717) is 13.0 Å². The Morgan fingerprint density at radius 1 is 1.33 bits per heavy atom. The molecule has 2 N–H and O–H groups in total. The summed E-state index contributed by atoms with van der Waals surface area (Å²) in [4.78, 5) is 26.8. The van der Waals surface area contributed by atoms with Crippen LogP contribution in [0, 0.1) is 5.92 Å². The summed E-state index contributed by atoms with van der Waals surface area (Å²) >= 11 is 1.67. The van der Waals surface area contributed by atoms with E-state index in [9.17, 15) is 9.59 Å². The molecule has 1 fully saturated rings. The largest absolute Gasteiger partial charge is 0.370 e. The van der Waals surface area contributed by atoms with E-state index in [4.69, 9.17) is 5.73 Å². The molecule has 114 valence electrons. The fraction of sp³-hybridized carbons (Fsp3) is 0.500. The number of amides is 1. The number of ketones is 1. The third-order valence-corrected chi connectivity index (χ3v) is 4.67. The third-order valence-electron chi connectivity index (χ3n) is 3.93. The zero-order chi connectivity index (χ0) is 15.2. The minimum Gasteiger partial charge on any atom is -0.370 e. The van der Waals surface area contributed by atoms with Crippen molar-refractivity contribution in [3.8, 4) is 0 Å². The zero-order valence-corrected chi connectivity index (χ0v) is 13.2. The van der Waals surface area contributed by atoms with Crippen molar-refractivity contribution in [2.24, 2.45) is 11.7 Å². The number of rotatable bonds is 6. The third kappa shape index (κ3) is 4.58. The summed E-state index contributed by atoms with van der Waals surface area (Å²) in [5.74, 6) is -0.0331. The Morgan fingerprint density at radius 2 is 2.05 bits per heavy atom. The monoisotopic (exact) mass is 306 g/mol. The Morgan fingerprint density at radius 3 is 2.67 bits per heavy atom. The SMILES string of the molecule is CSc1ccc(C(=O)C2CCCN(CCC(N)=O)C2)cc1. The summed E-state index contributed by atoms with van der Waals surface area (Å²) in [7, 11) is 0. The summed E-state index contributed by atoms with van der Waals surface area (Å²) < 4.78 is 0. The molecule has 0 bridgehead atoms. The normalized spacial score (nSPS) is 19.4. The Bertz CT molecular complexity index is 502. The van der Waals surface area contributed by atoms with E-state index in [1.807, 2.05) is 30.5 Å². The number of nitrogens with two attached hydrogens (primary N) is 1. The van der Waals surface area contributed by atoms with Gasteiger partial charge in [-0.2, -0.15) is 0 Å². The van der Waals surface area contributed by atoms with Crippen molar-refractivity contribution in [2.75, 3.05) is 25.9 Å². The Balaban J connectivity index is 1.96. The first-order chi connectivity index (χ1) is 10.1. The molecule has 1 aliphatic heterocycles. The van der Waals surface area contributed by atoms with E-state index in [2.05, 4.69) is 4.90 Å². The molecule has 5 heteroatoms. The number of benzene rings is 1. The summed E-state index contributed by atoms with van der Waals surface area (Å²) in [6.45, 7) is 2.34. The fourth-order valence-electron chi connectivity index (χ4n) is 2.73. The van der Waals surface area contributed by atoms with Crippen LogP contribution in [0.2, 0.25) is 0 Å². The number of carbonyl (C=O) groups is 2. The molecule has 1 heterocycles. The van der Waals surface area contributed by atoms with Crippen LogP contribution in [0.3, 0.4) is 0 Å². The maximum atomic E-state index is 12.6. The van der Waals surface area contributed by atoms with Gasteiger partial charge in [-0.1, -0.05) is 12.1 Å². The van der Waals surface area contributed by atoms with E-state index in [1.54, 1.807) is 11.8 Å². The van der Waals surface area contributed by atoms with Gasteiger partial charge >= 0.3 is 0 Å². The quantitative estimate of drug-likeness (QED) is 0.646. The second-order valence-electron chi connectivity index (χ2n) is 5.45. The highest BCUT2D eigenvalue weighted by Crippen LogP contribution is 2.22. The van der Waals surface area contributed by atoms with Crippen molar-refractivity contribution in [1.29, 1.82) is 0 Å². The highest BCUT2D eigenvalue weighted by molar-refractivity contribution is 7.98. The lowest BCUT2D eigenvalue weighted by Gasteiger charge is -2.31. The lowest BCUT2D eigenvalue weighted by Crippen LogP contribution is -2.40. The topological polar surface area (TPSA) is 63.4 Å². The molecule has 1 atom stereocenters. The van der Waals surface area contributed by atoms with Crippen LogP contribution in [-0.2, 0) is 4.79 Å². The number of piperidine rings is 1. The van der Waals surface area contributed by atoms with Crippen LogP contribution in [0.25, 0.3) is 0 Å². The molecule has 1 aromatic rings. The van der Waals surface area contributed by atoms with E-state index in [1.165, 1.54) is 4.90 Å². The zero-order valence-electron chi connectivity index (χ0n) is 12.4. The highest BCUT2D eigenvalue weighted by atomic mass is 32.2. The molecule has 0 saturated carbocycles. The van der Waals surface area contributed by atoms with Gasteiger partial charge in [0.2, 0.25) is 5.91 Å². The Hall–Kier alpha value is -1.33. The smallest absolute Gasteiger partial charge is 0.218 e. The molecule has 2 rings (SSSR count). The number of thioether (sulfide) groups is 1. The van der Waals surface area contributed by atoms with Gasteiger partial charge in [-0.05, 0) is 37.8 Å². The van der Waals surface area contributed by atoms with Crippen LogP contribution in [0.15, 0.2) is 29.2 Å². The van der Waals surface area contributed by atoms with Gasteiger partial charge in [0.15, 0.2) is 5.78 Å². The van der Waals surface area contributed by atoms with Crippen molar-refractivity contribution in [1.82, 2.24) is 4.90 Å². The van der Waals surface area contributed by atoms with Crippen LogP contribution in [0.5, 0.6) is 0 Å². The maximum absolute atomic E-state index is 12.6. The van der Waals surface area contributed by atoms with Gasteiger partial charge < -0.3 is 10.6 Å². The Labute approximate surface area is 130 Å². The minimum absolute atomic E-state index is 0.0340. The number of nitrogens with zero attached hydrogens (tertiary/aromatic N) is 1. The minimum atomic E-state index is -0.281. The molecule has 0 spiro atoms. The van der Waals surface area contributed by atoms with Crippen molar-refractivity contribution in [3.05, 3.63) is 29.8 Å². The number of hydrogen-bond acceptors (Lipinski definition) is 4. The standard InChI is InChI=1S/C16H22N2O2S/c1-21-14-6-4-12(5-7-14)16(20)13-3-2-9-18(11-13)10-8-15(17)19/h4-7,13H,2-3,8-11H2,1H3,(H2,17,19). The number of hydrogen-bond donors (Lipinski definition) is 1. The van der Waals surface area contributed by atoms with Gasteiger partial charge in [0.05, 0.1) is 0 Å². The molecule has 1 unspecified atom stereocenters. The van der Waals surface area contributed by atoms with Crippen LogP contribution in [0.1, 0.15) is 29.6 Å². The predicted octanol–water partition coefficient (Wildman–Crippen LogP) is 2.18. The first-order valence-corrected chi connectivity index (χ1v) is 8.51. The maximum Gasteiger partial charge on any atom is 0.218 e. The average Bonchev–Trinajstić information content (AvgIpc) is 2.52. The highest BCUT2D eigenvalue weighted by Gasteiger charge is 2.26. The van der Waals surface area contributed by atoms with Crippen LogP contribution < -0.4 is 5.73 Å². The van der Waals surface area contributed by atoms with Crippen LogP contribution >= 0.6 is 11.8 Å². The van der Waals surface area contributed by atoms with Gasteiger partial charge in [-0.15, -0.1) is 11.8 Å². The van der Waals surface area contributed by atoms with Gasteiger partial charge in [-0.25, -0.2) is 0 Å². The number of likely N-dealkylation sites (tertiary alicyclic amines) is 1. The molecular formula is C16H22N2O2S. The second kappa shape index (κ2) is 7.61. The van der Waals surface area contributed by atoms with Gasteiger partial charge in [0.25, 0.3) is 0 Å². The number of carbonyl (C=O) groups excluding carboxylic acids is 2. The van der Waals surface area contributed by atoms with Gasteiger partial charge in [-0.3, -0.25) is 9.59 Å². The van der Waals surface area contributed by atoms with Crippen LogP contribution in [0.4, 0.5) is 0 Å². The Kier molecular flexibility index (Phi) is 5.82. The van der Waals surface area contributed by atoms with Crippen molar-refractivity contribution < 1.29 is 9.59 Å². The molecular weight excluding hydrogens is 284 g/mol. The van der Waals surface area contributed by atoms with E-state index < -0.39 is 0 Å².